The van der Waals surface area contributed by atoms with Gasteiger partial charge in [0.15, 0.2) is 10.9 Å². The molecule has 4 rings (SSSR count). The van der Waals surface area contributed by atoms with E-state index in [0.717, 1.165) is 11.0 Å². The fraction of sp³-hybridized carbons (Fsp3) is 0.0455. The number of nitrogens with zero attached hydrogens (tertiary/aromatic N) is 1. The second-order valence-corrected chi connectivity index (χ2v) is 7.72. The maximum absolute atomic E-state index is 12.6. The topological polar surface area (TPSA) is 74.8 Å². The summed E-state index contributed by atoms with van der Waals surface area (Å²) < 4.78 is 0. The van der Waals surface area contributed by atoms with Gasteiger partial charge in [-0.15, -0.1) is 0 Å². The number of H-pyrrole nitrogens is 1. The van der Waals surface area contributed by atoms with Crippen LogP contribution in [-0.2, 0) is 4.79 Å². The van der Waals surface area contributed by atoms with Crippen molar-refractivity contribution in [3.05, 3.63) is 88.9 Å². The molecule has 0 radical (unpaired) electrons. The third-order valence-corrected chi connectivity index (χ3v) is 5.32. The standard InChI is InChI=1S/C22H16ClN3O2S/c23-16-7-4-8-17(12-16)24-20(27)13-29-22-25-18-10-9-15(11-19(18)26-22)21(28)14-5-2-1-3-6-14/h1-12H,13H2,(H,24,27)(H,25,26). The lowest BCUT2D eigenvalue weighted by atomic mass is 10.0. The SMILES string of the molecule is O=C(CSc1nc2ccc(C(=O)c3ccccc3)cc2[nH]1)Nc1cccc(Cl)c1. The van der Waals surface area contributed by atoms with Crippen LogP contribution in [0.3, 0.4) is 0 Å². The summed E-state index contributed by atoms with van der Waals surface area (Å²) >= 11 is 7.22. The quantitative estimate of drug-likeness (QED) is 0.332. The zero-order chi connectivity index (χ0) is 20.2. The summed E-state index contributed by atoms with van der Waals surface area (Å²) in [5.74, 6) is -0.00263. The smallest absolute Gasteiger partial charge is 0.234 e. The van der Waals surface area contributed by atoms with E-state index in [-0.39, 0.29) is 17.4 Å². The first-order valence-corrected chi connectivity index (χ1v) is 10.2. The largest absolute Gasteiger partial charge is 0.333 e. The lowest BCUT2D eigenvalue weighted by molar-refractivity contribution is -0.113. The van der Waals surface area contributed by atoms with Crippen molar-refractivity contribution < 1.29 is 9.59 Å². The summed E-state index contributed by atoms with van der Waals surface area (Å²) in [6.07, 6.45) is 0. The van der Waals surface area contributed by atoms with E-state index < -0.39 is 0 Å². The third kappa shape index (κ3) is 4.67. The van der Waals surface area contributed by atoms with Gasteiger partial charge in [0.2, 0.25) is 5.91 Å². The number of rotatable bonds is 6. The van der Waals surface area contributed by atoms with Gasteiger partial charge in [-0.25, -0.2) is 4.98 Å². The molecular weight excluding hydrogens is 406 g/mol. The van der Waals surface area contributed by atoms with Crippen molar-refractivity contribution in [3.63, 3.8) is 0 Å². The summed E-state index contributed by atoms with van der Waals surface area (Å²) in [6, 6.07) is 21.5. The number of halogens is 1. The highest BCUT2D eigenvalue weighted by molar-refractivity contribution is 7.99. The number of benzene rings is 3. The Hall–Kier alpha value is -3.09. The monoisotopic (exact) mass is 421 g/mol. The van der Waals surface area contributed by atoms with Gasteiger partial charge >= 0.3 is 0 Å². The second-order valence-electron chi connectivity index (χ2n) is 6.32. The van der Waals surface area contributed by atoms with E-state index in [1.165, 1.54) is 11.8 Å². The molecule has 3 aromatic carbocycles. The third-order valence-electron chi connectivity index (χ3n) is 4.21. The zero-order valence-electron chi connectivity index (χ0n) is 15.2. The van der Waals surface area contributed by atoms with Crippen LogP contribution in [0.4, 0.5) is 5.69 Å². The molecule has 29 heavy (non-hydrogen) atoms. The van der Waals surface area contributed by atoms with E-state index in [2.05, 4.69) is 15.3 Å². The number of anilines is 1. The Balaban J connectivity index is 1.44. The Kier molecular flexibility index (Phi) is 5.64. The van der Waals surface area contributed by atoms with Crippen molar-refractivity contribution in [1.29, 1.82) is 0 Å². The van der Waals surface area contributed by atoms with Crippen molar-refractivity contribution in [2.45, 2.75) is 5.16 Å². The molecule has 2 N–H and O–H groups in total. The molecular formula is C22H16ClN3O2S. The molecule has 5 nitrogen and oxygen atoms in total. The maximum atomic E-state index is 12.6. The highest BCUT2D eigenvalue weighted by atomic mass is 35.5. The molecule has 7 heteroatoms. The highest BCUT2D eigenvalue weighted by Gasteiger charge is 2.12. The molecule has 4 aromatic rings. The first-order chi connectivity index (χ1) is 14.1. The fourth-order valence-corrected chi connectivity index (χ4v) is 3.72. The first-order valence-electron chi connectivity index (χ1n) is 8.86. The summed E-state index contributed by atoms with van der Waals surface area (Å²) in [7, 11) is 0. The van der Waals surface area contributed by atoms with Crippen LogP contribution in [0.15, 0.2) is 78.0 Å². The second kappa shape index (κ2) is 8.51. The van der Waals surface area contributed by atoms with Crippen molar-refractivity contribution in [1.82, 2.24) is 9.97 Å². The number of thioether (sulfide) groups is 1. The first kappa shape index (κ1) is 19.2. The molecule has 1 heterocycles. The summed E-state index contributed by atoms with van der Waals surface area (Å²) in [5, 5.41) is 3.98. The normalized spacial score (nSPS) is 10.8. The molecule has 1 aromatic heterocycles. The van der Waals surface area contributed by atoms with Crippen LogP contribution in [-0.4, -0.2) is 27.4 Å². The van der Waals surface area contributed by atoms with E-state index in [9.17, 15) is 9.59 Å². The number of nitrogens with one attached hydrogen (secondary N) is 2. The maximum Gasteiger partial charge on any atom is 0.234 e. The average Bonchev–Trinajstić information content (AvgIpc) is 3.14. The van der Waals surface area contributed by atoms with Crippen molar-refractivity contribution >= 4 is 51.8 Å². The van der Waals surface area contributed by atoms with E-state index >= 15 is 0 Å². The van der Waals surface area contributed by atoms with Gasteiger partial charge in [0.05, 0.1) is 16.8 Å². The fourth-order valence-electron chi connectivity index (χ4n) is 2.85. The van der Waals surface area contributed by atoms with Crippen LogP contribution >= 0.6 is 23.4 Å². The van der Waals surface area contributed by atoms with Crippen molar-refractivity contribution in [2.75, 3.05) is 11.1 Å². The van der Waals surface area contributed by atoms with Gasteiger partial charge in [-0.2, -0.15) is 0 Å². The Morgan fingerprint density at radius 2 is 1.79 bits per heavy atom. The number of aromatic amines is 1. The summed E-state index contributed by atoms with van der Waals surface area (Å²) in [5.41, 5.74) is 3.37. The van der Waals surface area contributed by atoms with Gasteiger partial charge < -0.3 is 10.3 Å². The minimum atomic E-state index is -0.155. The summed E-state index contributed by atoms with van der Waals surface area (Å²) in [4.78, 5) is 32.4. The van der Waals surface area contributed by atoms with Crippen LogP contribution < -0.4 is 5.32 Å². The van der Waals surface area contributed by atoms with E-state index in [0.29, 0.717) is 27.0 Å². The Morgan fingerprint density at radius 1 is 0.966 bits per heavy atom. The number of carbonyl (C=O) groups is 2. The molecule has 144 valence electrons. The van der Waals surface area contributed by atoms with E-state index in [1.54, 1.807) is 54.6 Å². The molecule has 0 atom stereocenters. The highest BCUT2D eigenvalue weighted by Crippen LogP contribution is 2.22. The Morgan fingerprint density at radius 3 is 2.59 bits per heavy atom. The Labute approximate surface area is 176 Å². The van der Waals surface area contributed by atoms with Crippen LogP contribution in [0.5, 0.6) is 0 Å². The number of fused-ring (bicyclic) bond motifs is 1. The number of imidazole rings is 1. The number of hydrogen-bond acceptors (Lipinski definition) is 4. The van der Waals surface area contributed by atoms with Gasteiger partial charge in [-0.1, -0.05) is 59.8 Å². The molecule has 0 aliphatic carbocycles. The van der Waals surface area contributed by atoms with Gasteiger partial charge in [0, 0.05) is 21.8 Å². The number of carbonyl (C=O) groups excluding carboxylic acids is 2. The molecule has 0 spiro atoms. The number of ketones is 1. The molecule has 0 saturated heterocycles. The molecule has 0 saturated carbocycles. The van der Waals surface area contributed by atoms with Crippen molar-refractivity contribution in [2.24, 2.45) is 0 Å². The molecule has 0 unspecified atom stereocenters. The van der Waals surface area contributed by atoms with Gasteiger partial charge in [-0.05, 0) is 36.4 Å². The number of amides is 1. The average molecular weight is 422 g/mol. The molecule has 0 bridgehead atoms. The van der Waals surface area contributed by atoms with Crippen LogP contribution in [0.1, 0.15) is 15.9 Å². The number of hydrogen-bond donors (Lipinski definition) is 2. The van der Waals surface area contributed by atoms with Gasteiger partial charge in [-0.3, -0.25) is 9.59 Å². The molecule has 0 aliphatic heterocycles. The molecule has 0 fully saturated rings. The predicted octanol–water partition coefficient (Wildman–Crippen LogP) is 5.18. The minimum absolute atomic E-state index is 0.0443. The van der Waals surface area contributed by atoms with Crippen LogP contribution in [0.25, 0.3) is 11.0 Å². The van der Waals surface area contributed by atoms with Crippen LogP contribution in [0.2, 0.25) is 5.02 Å². The van der Waals surface area contributed by atoms with E-state index in [1.807, 2.05) is 18.2 Å². The minimum Gasteiger partial charge on any atom is -0.333 e. The Bertz CT molecular complexity index is 1190. The zero-order valence-corrected chi connectivity index (χ0v) is 16.8. The lowest BCUT2D eigenvalue weighted by Crippen LogP contribution is -2.13. The lowest BCUT2D eigenvalue weighted by Gasteiger charge is -2.04. The van der Waals surface area contributed by atoms with Crippen LogP contribution in [0, 0.1) is 0 Å². The molecule has 1 amide bonds. The predicted molar refractivity (Wildman–Crippen MR) is 117 cm³/mol. The van der Waals surface area contributed by atoms with Gasteiger partial charge in [0.25, 0.3) is 0 Å². The van der Waals surface area contributed by atoms with E-state index in [4.69, 9.17) is 11.6 Å². The van der Waals surface area contributed by atoms with Gasteiger partial charge in [0.1, 0.15) is 0 Å². The summed E-state index contributed by atoms with van der Waals surface area (Å²) in [6.45, 7) is 0. The van der Waals surface area contributed by atoms with Crippen molar-refractivity contribution in [3.8, 4) is 0 Å². The number of aromatic nitrogens is 2. The molecule has 0 aliphatic rings.